The molecular formula is C33H58N4O8. The molecule has 0 aromatic rings. The lowest BCUT2D eigenvalue weighted by Crippen LogP contribution is -2.58. The van der Waals surface area contributed by atoms with E-state index in [9.17, 15) is 28.8 Å². The second kappa shape index (κ2) is 18.1. The Hall–Kier alpha value is -3.18. The summed E-state index contributed by atoms with van der Waals surface area (Å²) in [6, 6.07) is -3.95. The summed E-state index contributed by atoms with van der Waals surface area (Å²) in [6.45, 7) is 19.8. The van der Waals surface area contributed by atoms with Gasteiger partial charge in [0.05, 0.1) is 6.61 Å². The van der Waals surface area contributed by atoms with Gasteiger partial charge in [0.15, 0.2) is 6.10 Å². The number of carbonyl (C=O) groups is 6. The van der Waals surface area contributed by atoms with Crippen molar-refractivity contribution in [2.24, 2.45) is 35.5 Å². The molecule has 1 fully saturated rings. The zero-order valence-electron chi connectivity index (χ0n) is 29.4. The quantitative estimate of drug-likeness (QED) is 0.359. The molecule has 3 N–H and O–H groups in total. The molecule has 0 aliphatic carbocycles. The second-order valence-electron chi connectivity index (χ2n) is 14.3. The molecule has 0 aromatic heterocycles. The highest BCUT2D eigenvalue weighted by Gasteiger charge is 2.39. The van der Waals surface area contributed by atoms with E-state index in [0.717, 1.165) is 0 Å². The molecule has 1 aliphatic heterocycles. The van der Waals surface area contributed by atoms with Gasteiger partial charge in [0.25, 0.3) is 5.91 Å². The van der Waals surface area contributed by atoms with Crippen molar-refractivity contribution in [2.45, 2.75) is 126 Å². The standard InChI is InChI=1S/C33H58N4O8/c1-17(2)13-23-32(42)45-28(21(9)10)30(40)36-27(20(7)8)31(41)37(12)24(14-18(3)4)33(43)44-16-22(11)15-25(38)35-26(19(5)6)29(39)34-23/h17-24,26-28H,13-16H2,1-12H3,(H,34,39)(H,35,38)(H,36,40)/t22-,23-,24-,26-,27-,28-/m1/s1. The lowest BCUT2D eigenvalue weighted by molar-refractivity contribution is -0.163. The second-order valence-corrected chi connectivity index (χ2v) is 14.3. The third kappa shape index (κ3) is 12.6. The van der Waals surface area contributed by atoms with Gasteiger partial charge in [-0.25, -0.2) is 9.59 Å². The van der Waals surface area contributed by atoms with Crippen LogP contribution in [-0.4, -0.2) is 84.4 Å². The van der Waals surface area contributed by atoms with Crippen molar-refractivity contribution in [1.29, 1.82) is 0 Å². The van der Waals surface area contributed by atoms with Crippen LogP contribution in [0.15, 0.2) is 0 Å². The topological polar surface area (TPSA) is 160 Å². The maximum Gasteiger partial charge on any atom is 0.329 e. The van der Waals surface area contributed by atoms with E-state index < -0.39 is 71.8 Å². The predicted octanol–water partition coefficient (Wildman–Crippen LogP) is 2.82. The fourth-order valence-electron chi connectivity index (χ4n) is 5.09. The van der Waals surface area contributed by atoms with Crippen molar-refractivity contribution >= 4 is 35.6 Å². The Kier molecular flexibility index (Phi) is 16.0. The Labute approximate surface area is 269 Å². The molecule has 1 heterocycles. The number of hydrogen-bond donors (Lipinski definition) is 3. The Morgan fingerprint density at radius 2 is 1.27 bits per heavy atom. The molecule has 45 heavy (non-hydrogen) atoms. The van der Waals surface area contributed by atoms with Gasteiger partial charge in [-0.05, 0) is 48.3 Å². The molecule has 6 atom stereocenters. The SMILES string of the molecule is CC(C)C[C@@H]1C(=O)OC[C@H](C)CC(=O)N[C@H](C(C)C)C(=O)N[C@H](CC(C)C)C(=O)O[C@H](C(C)C)C(=O)N[C@H](C(C)C)C(=O)N1C. The van der Waals surface area contributed by atoms with Gasteiger partial charge in [0.1, 0.15) is 24.2 Å². The van der Waals surface area contributed by atoms with Crippen LogP contribution < -0.4 is 16.0 Å². The minimum atomic E-state index is -1.26. The number of hydrogen-bond acceptors (Lipinski definition) is 8. The maximum atomic E-state index is 13.8. The summed E-state index contributed by atoms with van der Waals surface area (Å²) < 4.78 is 11.3. The predicted molar refractivity (Wildman–Crippen MR) is 170 cm³/mol. The summed E-state index contributed by atoms with van der Waals surface area (Å²) in [6.07, 6.45) is -0.702. The van der Waals surface area contributed by atoms with Crippen molar-refractivity contribution in [2.75, 3.05) is 13.7 Å². The summed E-state index contributed by atoms with van der Waals surface area (Å²) >= 11 is 0. The molecule has 0 aromatic carbocycles. The third-order valence-electron chi connectivity index (χ3n) is 7.74. The average Bonchev–Trinajstić information content (AvgIpc) is 2.91. The highest BCUT2D eigenvalue weighted by atomic mass is 16.6. The molecule has 1 aliphatic rings. The summed E-state index contributed by atoms with van der Waals surface area (Å²) in [7, 11) is 1.51. The van der Waals surface area contributed by atoms with Gasteiger partial charge in [-0.1, -0.05) is 76.2 Å². The van der Waals surface area contributed by atoms with Gasteiger partial charge in [0, 0.05) is 13.5 Å². The van der Waals surface area contributed by atoms with E-state index in [-0.39, 0.29) is 49.0 Å². The molecule has 0 saturated carbocycles. The van der Waals surface area contributed by atoms with E-state index in [4.69, 9.17) is 9.47 Å². The van der Waals surface area contributed by atoms with Gasteiger partial charge in [0.2, 0.25) is 17.7 Å². The van der Waals surface area contributed by atoms with Crippen molar-refractivity contribution in [3.05, 3.63) is 0 Å². The molecule has 4 amide bonds. The van der Waals surface area contributed by atoms with Crippen LogP contribution in [0.5, 0.6) is 0 Å². The van der Waals surface area contributed by atoms with Crippen LogP contribution in [0.4, 0.5) is 0 Å². The fraction of sp³-hybridized carbons (Fsp3) is 0.818. The Morgan fingerprint density at radius 3 is 1.76 bits per heavy atom. The van der Waals surface area contributed by atoms with Crippen molar-refractivity contribution in [3.8, 4) is 0 Å². The Balaban J connectivity index is 3.61. The molecule has 0 bridgehead atoms. The summed E-state index contributed by atoms with van der Waals surface area (Å²) in [4.78, 5) is 81.9. The molecule has 0 radical (unpaired) electrons. The number of nitrogens with one attached hydrogen (secondary N) is 3. The van der Waals surface area contributed by atoms with Gasteiger partial charge in [-0.2, -0.15) is 0 Å². The highest BCUT2D eigenvalue weighted by Crippen LogP contribution is 2.19. The first-order valence-corrected chi connectivity index (χ1v) is 16.3. The van der Waals surface area contributed by atoms with Crippen LogP contribution in [-0.2, 0) is 38.2 Å². The van der Waals surface area contributed by atoms with E-state index in [1.54, 1.807) is 48.5 Å². The van der Waals surface area contributed by atoms with Crippen LogP contribution in [0.3, 0.4) is 0 Å². The average molecular weight is 639 g/mol. The number of ether oxygens (including phenoxy) is 2. The first-order chi connectivity index (χ1) is 20.8. The number of cyclic esters (lactones) is 2. The van der Waals surface area contributed by atoms with Crippen LogP contribution in [0.1, 0.15) is 95.4 Å². The Bertz CT molecular complexity index is 1040. The van der Waals surface area contributed by atoms with Gasteiger partial charge < -0.3 is 30.3 Å². The van der Waals surface area contributed by atoms with Crippen LogP contribution in [0, 0.1) is 35.5 Å². The lowest BCUT2D eigenvalue weighted by Gasteiger charge is -2.34. The number of esters is 2. The van der Waals surface area contributed by atoms with Crippen molar-refractivity contribution in [3.63, 3.8) is 0 Å². The van der Waals surface area contributed by atoms with E-state index in [1.807, 2.05) is 27.7 Å². The maximum absolute atomic E-state index is 13.8. The molecule has 258 valence electrons. The number of amides is 4. The molecule has 12 nitrogen and oxygen atoms in total. The fourth-order valence-corrected chi connectivity index (χ4v) is 5.09. The molecule has 1 rings (SSSR count). The monoisotopic (exact) mass is 638 g/mol. The minimum Gasteiger partial charge on any atom is -0.464 e. The Morgan fingerprint density at radius 1 is 0.711 bits per heavy atom. The molecule has 0 spiro atoms. The molecule has 0 unspecified atom stereocenters. The van der Waals surface area contributed by atoms with Crippen LogP contribution >= 0.6 is 0 Å². The zero-order chi connectivity index (χ0) is 34.8. The lowest BCUT2D eigenvalue weighted by atomic mass is 9.97. The van der Waals surface area contributed by atoms with E-state index >= 15 is 0 Å². The summed E-state index contributed by atoms with van der Waals surface area (Å²) in [5.41, 5.74) is 0. The summed E-state index contributed by atoms with van der Waals surface area (Å²) in [5, 5.41) is 8.25. The molecule has 12 heteroatoms. The molecular weight excluding hydrogens is 580 g/mol. The number of nitrogens with zero attached hydrogens (tertiary/aromatic N) is 1. The van der Waals surface area contributed by atoms with E-state index in [1.165, 1.54) is 11.9 Å². The van der Waals surface area contributed by atoms with E-state index in [2.05, 4.69) is 16.0 Å². The molecule has 1 saturated heterocycles. The smallest absolute Gasteiger partial charge is 0.329 e. The minimum absolute atomic E-state index is 0.00682. The van der Waals surface area contributed by atoms with Gasteiger partial charge in [-0.3, -0.25) is 19.2 Å². The largest absolute Gasteiger partial charge is 0.464 e. The first kappa shape index (κ1) is 39.8. The van der Waals surface area contributed by atoms with Gasteiger partial charge in [-0.15, -0.1) is 0 Å². The number of likely N-dealkylation sites (N-methyl/N-ethyl adjacent to an activating group) is 1. The van der Waals surface area contributed by atoms with Crippen LogP contribution in [0.25, 0.3) is 0 Å². The van der Waals surface area contributed by atoms with Crippen LogP contribution in [0.2, 0.25) is 0 Å². The van der Waals surface area contributed by atoms with E-state index in [0.29, 0.717) is 6.42 Å². The van der Waals surface area contributed by atoms with Crippen molar-refractivity contribution in [1.82, 2.24) is 20.9 Å². The number of carbonyl (C=O) groups excluding carboxylic acids is 6. The van der Waals surface area contributed by atoms with Gasteiger partial charge >= 0.3 is 11.9 Å². The number of rotatable bonds is 7. The highest BCUT2D eigenvalue weighted by molar-refractivity contribution is 5.94. The normalized spacial score (nSPS) is 27.4. The first-order valence-electron chi connectivity index (χ1n) is 16.3. The zero-order valence-corrected chi connectivity index (χ0v) is 29.4. The summed E-state index contributed by atoms with van der Waals surface area (Å²) in [5.74, 6) is -4.97. The third-order valence-corrected chi connectivity index (χ3v) is 7.74. The van der Waals surface area contributed by atoms with Crippen molar-refractivity contribution < 1.29 is 38.2 Å².